The van der Waals surface area contributed by atoms with Crippen molar-refractivity contribution in [3.05, 3.63) is 35.4 Å². The number of rotatable bonds is 9. The van der Waals surface area contributed by atoms with E-state index in [4.69, 9.17) is 0 Å². The van der Waals surface area contributed by atoms with Gasteiger partial charge in [-0.15, -0.1) is 0 Å². The van der Waals surface area contributed by atoms with Crippen LogP contribution in [-0.4, -0.2) is 44.0 Å². The van der Waals surface area contributed by atoms with E-state index in [1.807, 2.05) is 24.3 Å². The van der Waals surface area contributed by atoms with Crippen LogP contribution in [0.25, 0.3) is 0 Å². The quantitative estimate of drug-likeness (QED) is 0.686. The van der Waals surface area contributed by atoms with Crippen molar-refractivity contribution in [3.8, 4) is 0 Å². The van der Waals surface area contributed by atoms with Gasteiger partial charge in [-0.3, -0.25) is 4.79 Å². The molecule has 0 saturated heterocycles. The summed E-state index contributed by atoms with van der Waals surface area (Å²) in [7, 11) is 3.82. The zero-order valence-electron chi connectivity index (χ0n) is 13.8. The molecule has 0 unspecified atom stereocenters. The Morgan fingerprint density at radius 3 is 2.43 bits per heavy atom. The maximum Gasteiger partial charge on any atom is 0.251 e. The lowest BCUT2D eigenvalue weighted by Crippen LogP contribution is -2.27. The summed E-state index contributed by atoms with van der Waals surface area (Å²) in [5, 5.41) is 6.07. The molecule has 4 nitrogen and oxygen atoms in total. The summed E-state index contributed by atoms with van der Waals surface area (Å²) < 4.78 is 0. The number of nitrogens with zero attached hydrogens (tertiary/aromatic N) is 1. The predicted molar refractivity (Wildman–Crippen MR) is 88.5 cm³/mol. The van der Waals surface area contributed by atoms with Crippen molar-refractivity contribution in [2.24, 2.45) is 0 Å². The first-order valence-electron chi connectivity index (χ1n) is 7.76. The maximum absolute atomic E-state index is 11.4. The van der Waals surface area contributed by atoms with Crippen LogP contribution < -0.4 is 10.6 Å². The van der Waals surface area contributed by atoms with E-state index in [-0.39, 0.29) is 5.91 Å². The third kappa shape index (κ3) is 6.74. The Labute approximate surface area is 128 Å². The Hall–Kier alpha value is -1.39. The molecule has 0 aliphatic heterocycles. The molecular weight excluding hydrogens is 262 g/mol. The van der Waals surface area contributed by atoms with Gasteiger partial charge in [-0.25, -0.2) is 0 Å². The Kier molecular flexibility index (Phi) is 8.01. The van der Waals surface area contributed by atoms with Gasteiger partial charge in [0.2, 0.25) is 0 Å². The number of carbonyl (C=O) groups is 1. The Morgan fingerprint density at radius 1 is 1.19 bits per heavy atom. The molecule has 1 aromatic rings. The number of hydrogen-bond acceptors (Lipinski definition) is 3. The van der Waals surface area contributed by atoms with Crippen molar-refractivity contribution in [1.29, 1.82) is 0 Å². The molecule has 0 fully saturated rings. The molecule has 0 atom stereocenters. The lowest BCUT2D eigenvalue weighted by atomic mass is 10.1. The van der Waals surface area contributed by atoms with Crippen molar-refractivity contribution in [2.75, 3.05) is 27.2 Å². The summed E-state index contributed by atoms with van der Waals surface area (Å²) in [4.78, 5) is 13.8. The topological polar surface area (TPSA) is 44.4 Å². The average molecular weight is 291 g/mol. The molecule has 0 bridgehead atoms. The molecule has 21 heavy (non-hydrogen) atoms. The molecule has 1 amide bonds. The van der Waals surface area contributed by atoms with Gasteiger partial charge >= 0.3 is 0 Å². The molecule has 0 spiro atoms. The zero-order chi connectivity index (χ0) is 15.7. The highest BCUT2D eigenvalue weighted by Crippen LogP contribution is 2.04. The van der Waals surface area contributed by atoms with Gasteiger partial charge in [0.25, 0.3) is 5.91 Å². The highest BCUT2D eigenvalue weighted by molar-refractivity contribution is 5.93. The van der Waals surface area contributed by atoms with Crippen molar-refractivity contribution < 1.29 is 4.79 Å². The smallest absolute Gasteiger partial charge is 0.251 e. The SMILES string of the molecule is CNC(=O)c1ccc(CNCCCCN(C)C(C)C)cc1. The van der Waals surface area contributed by atoms with Crippen LogP contribution in [0.5, 0.6) is 0 Å². The molecule has 0 aromatic heterocycles. The molecule has 0 aliphatic carbocycles. The third-order valence-corrected chi connectivity index (χ3v) is 3.77. The molecule has 4 heteroatoms. The minimum absolute atomic E-state index is 0.0382. The summed E-state index contributed by atoms with van der Waals surface area (Å²) in [6.45, 7) is 7.48. The molecule has 2 N–H and O–H groups in total. The van der Waals surface area contributed by atoms with Crippen LogP contribution in [0.3, 0.4) is 0 Å². The van der Waals surface area contributed by atoms with E-state index in [1.54, 1.807) is 7.05 Å². The van der Waals surface area contributed by atoms with Crippen molar-refractivity contribution >= 4 is 5.91 Å². The fourth-order valence-electron chi connectivity index (χ4n) is 2.02. The normalized spacial score (nSPS) is 11.1. The van der Waals surface area contributed by atoms with E-state index >= 15 is 0 Å². The van der Waals surface area contributed by atoms with Crippen molar-refractivity contribution in [2.45, 2.75) is 39.3 Å². The van der Waals surface area contributed by atoms with Crippen LogP contribution in [0, 0.1) is 0 Å². The van der Waals surface area contributed by atoms with E-state index in [0.29, 0.717) is 11.6 Å². The summed E-state index contributed by atoms with van der Waals surface area (Å²) >= 11 is 0. The molecule has 0 aliphatic rings. The number of hydrogen-bond donors (Lipinski definition) is 2. The minimum atomic E-state index is -0.0382. The first-order chi connectivity index (χ1) is 10.0. The van der Waals surface area contributed by atoms with E-state index in [9.17, 15) is 4.79 Å². The molecule has 118 valence electrons. The van der Waals surface area contributed by atoms with Gasteiger partial charge in [-0.05, 0) is 64.5 Å². The molecule has 0 heterocycles. The highest BCUT2D eigenvalue weighted by Gasteiger charge is 2.03. The summed E-state index contributed by atoms with van der Waals surface area (Å²) in [6.07, 6.45) is 2.41. The number of amides is 1. The van der Waals surface area contributed by atoms with Crippen molar-refractivity contribution in [1.82, 2.24) is 15.5 Å². The van der Waals surface area contributed by atoms with Crippen LogP contribution in [-0.2, 0) is 6.54 Å². The zero-order valence-corrected chi connectivity index (χ0v) is 13.8. The second kappa shape index (κ2) is 9.53. The summed E-state index contributed by atoms with van der Waals surface area (Å²) in [5.41, 5.74) is 1.92. The third-order valence-electron chi connectivity index (χ3n) is 3.77. The Balaban J connectivity index is 2.17. The van der Waals surface area contributed by atoms with Gasteiger partial charge in [0.05, 0.1) is 0 Å². The van der Waals surface area contributed by atoms with Gasteiger partial charge in [0.15, 0.2) is 0 Å². The number of nitrogens with one attached hydrogen (secondary N) is 2. The molecule has 0 saturated carbocycles. The number of benzene rings is 1. The van der Waals surface area contributed by atoms with Crippen LogP contribution >= 0.6 is 0 Å². The van der Waals surface area contributed by atoms with Gasteiger partial charge in [-0.2, -0.15) is 0 Å². The van der Waals surface area contributed by atoms with Crippen LogP contribution in [0.1, 0.15) is 42.6 Å². The van der Waals surface area contributed by atoms with Gasteiger partial charge in [-0.1, -0.05) is 12.1 Å². The predicted octanol–water partition coefficient (Wildman–Crippen LogP) is 2.26. The maximum atomic E-state index is 11.4. The van der Waals surface area contributed by atoms with E-state index < -0.39 is 0 Å². The lowest BCUT2D eigenvalue weighted by Gasteiger charge is -2.20. The summed E-state index contributed by atoms with van der Waals surface area (Å²) in [6, 6.07) is 8.37. The molecule has 1 aromatic carbocycles. The standard InChI is InChI=1S/C17H29N3O/c1-14(2)20(4)12-6-5-11-19-13-15-7-9-16(10-8-15)17(21)18-3/h7-10,14,19H,5-6,11-13H2,1-4H3,(H,18,21). The molecule has 0 radical (unpaired) electrons. The van der Waals surface area contributed by atoms with Crippen LogP contribution in [0.15, 0.2) is 24.3 Å². The Morgan fingerprint density at radius 2 is 1.86 bits per heavy atom. The number of unbranched alkanes of at least 4 members (excludes halogenated alkanes) is 1. The fourth-order valence-corrected chi connectivity index (χ4v) is 2.02. The lowest BCUT2D eigenvalue weighted by molar-refractivity contribution is 0.0963. The molecular formula is C17H29N3O. The van der Waals surface area contributed by atoms with Crippen molar-refractivity contribution in [3.63, 3.8) is 0 Å². The average Bonchev–Trinajstić information content (AvgIpc) is 2.50. The largest absolute Gasteiger partial charge is 0.355 e. The van der Waals surface area contributed by atoms with Gasteiger partial charge < -0.3 is 15.5 Å². The van der Waals surface area contributed by atoms with Gasteiger partial charge in [0.1, 0.15) is 0 Å². The van der Waals surface area contributed by atoms with Crippen LogP contribution in [0.4, 0.5) is 0 Å². The first-order valence-corrected chi connectivity index (χ1v) is 7.76. The van der Waals surface area contributed by atoms with E-state index in [1.165, 1.54) is 18.4 Å². The summed E-state index contributed by atoms with van der Waals surface area (Å²) in [5.74, 6) is -0.0382. The van der Waals surface area contributed by atoms with E-state index in [2.05, 4.69) is 36.4 Å². The monoisotopic (exact) mass is 291 g/mol. The Bertz CT molecular complexity index is 415. The number of carbonyl (C=O) groups excluding carboxylic acids is 1. The minimum Gasteiger partial charge on any atom is -0.355 e. The second-order valence-electron chi connectivity index (χ2n) is 5.73. The van der Waals surface area contributed by atoms with E-state index in [0.717, 1.165) is 19.6 Å². The highest BCUT2D eigenvalue weighted by atomic mass is 16.1. The fraction of sp³-hybridized carbons (Fsp3) is 0.588. The first kappa shape index (κ1) is 17.7. The molecule has 1 rings (SSSR count). The van der Waals surface area contributed by atoms with Crippen LogP contribution in [0.2, 0.25) is 0 Å². The second-order valence-corrected chi connectivity index (χ2v) is 5.73. The van der Waals surface area contributed by atoms with Gasteiger partial charge in [0, 0.05) is 25.2 Å².